The number of aromatic amines is 1. The van der Waals surface area contributed by atoms with Crippen molar-refractivity contribution in [2.45, 2.75) is 26.0 Å². The predicted octanol–water partition coefficient (Wildman–Crippen LogP) is 1.16. The van der Waals surface area contributed by atoms with Crippen molar-refractivity contribution < 1.29 is 9.26 Å². The molecule has 1 unspecified atom stereocenters. The number of nitrogens with zero attached hydrogens (tertiary/aromatic N) is 7. The molecule has 26 heavy (non-hydrogen) atoms. The minimum absolute atomic E-state index is 0.165. The zero-order valence-corrected chi connectivity index (χ0v) is 14.9. The van der Waals surface area contributed by atoms with E-state index in [0.717, 1.165) is 43.9 Å². The number of methoxy groups -OCH3 is 1. The number of hydrogen-bond donors (Lipinski definition) is 1. The topological polar surface area (TPSA) is 109 Å². The summed E-state index contributed by atoms with van der Waals surface area (Å²) < 4.78 is 10.6. The lowest BCUT2D eigenvalue weighted by molar-refractivity contribution is 0.109. The number of hydrogen-bond acceptors (Lipinski definition) is 9. The quantitative estimate of drug-likeness (QED) is 0.718. The second kappa shape index (κ2) is 7.34. The predicted molar refractivity (Wildman–Crippen MR) is 93.5 cm³/mol. The first kappa shape index (κ1) is 16.9. The summed E-state index contributed by atoms with van der Waals surface area (Å²) in [4.78, 5) is 25.0. The zero-order valence-electron chi connectivity index (χ0n) is 14.9. The SMILES string of the molecule is COC(C)c1noc(CN2CCCN(c3ncnc4nc[nH]c34)CC2)n1. The van der Waals surface area contributed by atoms with Crippen molar-refractivity contribution >= 4 is 17.0 Å². The van der Waals surface area contributed by atoms with Crippen molar-refractivity contribution in [2.75, 3.05) is 38.2 Å². The van der Waals surface area contributed by atoms with Gasteiger partial charge in [0.25, 0.3) is 0 Å². The Morgan fingerprint density at radius 3 is 3.04 bits per heavy atom. The molecule has 0 aromatic carbocycles. The Kier molecular flexibility index (Phi) is 4.76. The van der Waals surface area contributed by atoms with Crippen LogP contribution < -0.4 is 4.90 Å². The van der Waals surface area contributed by atoms with Crippen LogP contribution in [0, 0.1) is 0 Å². The van der Waals surface area contributed by atoms with E-state index in [-0.39, 0.29) is 6.10 Å². The molecule has 0 saturated carbocycles. The van der Waals surface area contributed by atoms with E-state index in [4.69, 9.17) is 9.26 Å². The molecule has 1 aliphatic rings. The molecule has 4 heterocycles. The van der Waals surface area contributed by atoms with E-state index in [1.165, 1.54) is 0 Å². The van der Waals surface area contributed by atoms with Crippen molar-refractivity contribution in [1.29, 1.82) is 0 Å². The molecule has 1 saturated heterocycles. The fourth-order valence-corrected chi connectivity index (χ4v) is 3.13. The van der Waals surface area contributed by atoms with Crippen LogP contribution in [0.25, 0.3) is 11.2 Å². The van der Waals surface area contributed by atoms with E-state index in [1.807, 2.05) is 6.92 Å². The summed E-state index contributed by atoms with van der Waals surface area (Å²) >= 11 is 0. The number of anilines is 1. The van der Waals surface area contributed by atoms with Crippen LogP contribution in [0.1, 0.15) is 31.2 Å². The summed E-state index contributed by atoms with van der Waals surface area (Å²) in [5.41, 5.74) is 1.58. The molecule has 1 atom stereocenters. The van der Waals surface area contributed by atoms with E-state index >= 15 is 0 Å². The fourth-order valence-electron chi connectivity index (χ4n) is 3.13. The van der Waals surface area contributed by atoms with E-state index in [2.05, 4.69) is 39.9 Å². The highest BCUT2D eigenvalue weighted by Crippen LogP contribution is 2.21. The molecule has 0 bridgehead atoms. The fraction of sp³-hybridized carbons (Fsp3) is 0.562. The Morgan fingerprint density at radius 2 is 2.15 bits per heavy atom. The van der Waals surface area contributed by atoms with Gasteiger partial charge in [-0.3, -0.25) is 4.90 Å². The first-order valence-electron chi connectivity index (χ1n) is 8.71. The van der Waals surface area contributed by atoms with Gasteiger partial charge in [-0.05, 0) is 13.3 Å². The first-order valence-corrected chi connectivity index (χ1v) is 8.71. The Morgan fingerprint density at radius 1 is 1.23 bits per heavy atom. The van der Waals surface area contributed by atoms with Gasteiger partial charge in [0.1, 0.15) is 17.9 Å². The van der Waals surface area contributed by atoms with Crippen LogP contribution in [-0.2, 0) is 11.3 Å². The molecular formula is C16H22N8O2. The molecule has 3 aromatic heterocycles. The minimum atomic E-state index is -0.165. The molecule has 0 aliphatic carbocycles. The molecule has 3 aromatic rings. The van der Waals surface area contributed by atoms with Crippen molar-refractivity contribution in [1.82, 2.24) is 35.0 Å². The number of ether oxygens (including phenoxy) is 1. The number of nitrogens with one attached hydrogen (secondary N) is 1. The lowest BCUT2D eigenvalue weighted by Crippen LogP contribution is -2.31. The number of fused-ring (bicyclic) bond motifs is 1. The molecule has 138 valence electrons. The first-order chi connectivity index (χ1) is 12.7. The van der Waals surface area contributed by atoms with E-state index in [1.54, 1.807) is 19.8 Å². The number of aromatic nitrogens is 6. The molecule has 0 spiro atoms. The van der Waals surface area contributed by atoms with E-state index in [0.29, 0.717) is 23.9 Å². The van der Waals surface area contributed by atoms with Gasteiger partial charge in [0.15, 0.2) is 17.3 Å². The van der Waals surface area contributed by atoms with Crippen LogP contribution in [0.4, 0.5) is 5.82 Å². The van der Waals surface area contributed by atoms with Crippen LogP contribution in [0.3, 0.4) is 0 Å². The van der Waals surface area contributed by atoms with Gasteiger partial charge in [-0.25, -0.2) is 15.0 Å². The summed E-state index contributed by atoms with van der Waals surface area (Å²) in [7, 11) is 1.63. The number of rotatable bonds is 5. The monoisotopic (exact) mass is 358 g/mol. The highest BCUT2D eigenvalue weighted by Gasteiger charge is 2.21. The molecule has 1 aliphatic heterocycles. The lowest BCUT2D eigenvalue weighted by atomic mass is 10.3. The molecule has 10 nitrogen and oxygen atoms in total. The summed E-state index contributed by atoms with van der Waals surface area (Å²) in [5, 5.41) is 3.99. The standard InChI is InChI=1S/C16H22N8O2/c1-11(25-2)14-21-12(26-22-14)8-23-4-3-5-24(7-6-23)16-13-15(18-9-17-13)19-10-20-16/h9-11H,3-8H2,1-2H3,(H,17,18,19,20). The van der Waals surface area contributed by atoms with Gasteiger partial charge in [0, 0.05) is 33.3 Å². The third-order valence-electron chi connectivity index (χ3n) is 4.65. The third-order valence-corrected chi connectivity index (χ3v) is 4.65. The van der Waals surface area contributed by atoms with Crippen molar-refractivity contribution in [2.24, 2.45) is 0 Å². The molecular weight excluding hydrogens is 336 g/mol. The highest BCUT2D eigenvalue weighted by atomic mass is 16.5. The van der Waals surface area contributed by atoms with Gasteiger partial charge in [0.2, 0.25) is 5.89 Å². The summed E-state index contributed by atoms with van der Waals surface area (Å²) in [6, 6.07) is 0. The van der Waals surface area contributed by atoms with Gasteiger partial charge in [0.05, 0.1) is 12.9 Å². The highest BCUT2D eigenvalue weighted by molar-refractivity contribution is 5.82. The van der Waals surface area contributed by atoms with Crippen LogP contribution in [0.5, 0.6) is 0 Å². The van der Waals surface area contributed by atoms with Crippen molar-refractivity contribution in [3.8, 4) is 0 Å². The maximum Gasteiger partial charge on any atom is 0.240 e. The largest absolute Gasteiger partial charge is 0.374 e. The second-order valence-corrected chi connectivity index (χ2v) is 6.34. The van der Waals surface area contributed by atoms with Gasteiger partial charge in [-0.15, -0.1) is 0 Å². The Hall–Kier alpha value is -2.59. The van der Waals surface area contributed by atoms with Crippen LogP contribution in [0.2, 0.25) is 0 Å². The van der Waals surface area contributed by atoms with Crippen LogP contribution in [0.15, 0.2) is 17.2 Å². The summed E-state index contributed by atoms with van der Waals surface area (Å²) in [5.74, 6) is 2.11. The van der Waals surface area contributed by atoms with Gasteiger partial charge in [-0.2, -0.15) is 4.98 Å². The van der Waals surface area contributed by atoms with Gasteiger partial charge < -0.3 is 19.1 Å². The zero-order chi connectivity index (χ0) is 17.9. The average Bonchev–Trinajstić information content (AvgIpc) is 3.27. The Balaban J connectivity index is 1.42. The second-order valence-electron chi connectivity index (χ2n) is 6.34. The summed E-state index contributed by atoms with van der Waals surface area (Å²) in [6.07, 6.45) is 4.08. The minimum Gasteiger partial charge on any atom is -0.374 e. The van der Waals surface area contributed by atoms with Crippen LogP contribution in [-0.4, -0.2) is 68.3 Å². The molecule has 10 heteroatoms. The molecule has 0 amide bonds. The van der Waals surface area contributed by atoms with Crippen molar-refractivity contribution in [3.63, 3.8) is 0 Å². The maximum atomic E-state index is 5.36. The lowest BCUT2D eigenvalue weighted by Gasteiger charge is -2.22. The summed E-state index contributed by atoms with van der Waals surface area (Å²) in [6.45, 7) is 6.18. The normalized spacial score (nSPS) is 17.5. The smallest absolute Gasteiger partial charge is 0.240 e. The Labute approximate surface area is 150 Å². The van der Waals surface area contributed by atoms with E-state index < -0.39 is 0 Å². The van der Waals surface area contributed by atoms with Gasteiger partial charge >= 0.3 is 0 Å². The van der Waals surface area contributed by atoms with Gasteiger partial charge in [-0.1, -0.05) is 5.16 Å². The maximum absolute atomic E-state index is 5.36. The number of imidazole rings is 1. The molecule has 1 fully saturated rings. The number of H-pyrrole nitrogens is 1. The molecule has 0 radical (unpaired) electrons. The van der Waals surface area contributed by atoms with E-state index in [9.17, 15) is 0 Å². The molecule has 4 rings (SSSR count). The van der Waals surface area contributed by atoms with Crippen LogP contribution >= 0.6 is 0 Å². The molecule has 1 N–H and O–H groups in total. The van der Waals surface area contributed by atoms with Crippen molar-refractivity contribution in [3.05, 3.63) is 24.4 Å². The third kappa shape index (κ3) is 3.37. The average molecular weight is 358 g/mol. The Bertz CT molecular complexity index is 863.